The van der Waals surface area contributed by atoms with Crippen molar-refractivity contribution in [1.82, 2.24) is 19.7 Å². The maximum absolute atomic E-state index is 12.8. The standard InChI is InChI=1S/C29H23F3N6O2S/c1-17-4-3-5-18(2)26(17)38-25(39)15-41-28(38)35-24-13-19-6-7-20(12-21(19)14-33-24)27-34-16-37(36-27)22-8-10-23(11-9-22)40-29(30,31)32/h3-8,10,12-14,16H,9,11,15H2,1-2H3. The summed E-state index contributed by atoms with van der Waals surface area (Å²) in [7, 11) is 0. The lowest BCUT2D eigenvalue weighted by Crippen LogP contribution is -2.30. The second kappa shape index (κ2) is 10.5. The Bertz CT molecular complexity index is 1760. The van der Waals surface area contributed by atoms with Gasteiger partial charge in [0.15, 0.2) is 16.8 Å². The van der Waals surface area contributed by atoms with Gasteiger partial charge in [0.05, 0.1) is 11.4 Å². The third kappa shape index (κ3) is 5.60. The summed E-state index contributed by atoms with van der Waals surface area (Å²) >= 11 is 1.39. The highest BCUT2D eigenvalue weighted by Gasteiger charge is 2.33. The van der Waals surface area contributed by atoms with Crippen LogP contribution in [-0.4, -0.2) is 42.9 Å². The number of benzene rings is 2. The van der Waals surface area contributed by atoms with Crippen LogP contribution in [-0.2, 0) is 9.53 Å². The van der Waals surface area contributed by atoms with Crippen LogP contribution in [0.3, 0.4) is 0 Å². The summed E-state index contributed by atoms with van der Waals surface area (Å²) in [5, 5.41) is 6.88. The number of amidine groups is 1. The van der Waals surface area contributed by atoms with Crippen molar-refractivity contribution in [2.24, 2.45) is 4.99 Å². The molecule has 1 aliphatic heterocycles. The number of hydrogen-bond acceptors (Lipinski definition) is 7. The van der Waals surface area contributed by atoms with Gasteiger partial charge in [0.25, 0.3) is 0 Å². The van der Waals surface area contributed by atoms with Crippen LogP contribution in [0.5, 0.6) is 0 Å². The van der Waals surface area contributed by atoms with E-state index >= 15 is 0 Å². The van der Waals surface area contributed by atoms with E-state index in [4.69, 9.17) is 4.99 Å². The predicted octanol–water partition coefficient (Wildman–Crippen LogP) is 6.93. The van der Waals surface area contributed by atoms with Gasteiger partial charge >= 0.3 is 6.36 Å². The number of alkyl halides is 3. The summed E-state index contributed by atoms with van der Waals surface area (Å²) in [6, 6.07) is 13.5. The first-order valence-electron chi connectivity index (χ1n) is 12.7. The topological polar surface area (TPSA) is 85.5 Å². The number of para-hydroxylation sites is 1. The van der Waals surface area contributed by atoms with Gasteiger partial charge in [-0.25, -0.2) is 19.6 Å². The number of aromatic nitrogens is 4. The number of nitrogens with zero attached hydrogens (tertiary/aromatic N) is 6. The van der Waals surface area contributed by atoms with Gasteiger partial charge in [-0.05, 0) is 61.1 Å². The molecule has 41 heavy (non-hydrogen) atoms. The van der Waals surface area contributed by atoms with Gasteiger partial charge < -0.3 is 4.74 Å². The van der Waals surface area contributed by atoms with Crippen molar-refractivity contribution in [1.29, 1.82) is 0 Å². The Balaban J connectivity index is 1.24. The van der Waals surface area contributed by atoms with Crippen LogP contribution in [0.2, 0.25) is 0 Å². The summed E-state index contributed by atoms with van der Waals surface area (Å²) in [6.07, 6.45) is 1.86. The Kier molecular flexibility index (Phi) is 6.86. The number of fused-ring (bicyclic) bond motifs is 1. The van der Waals surface area contributed by atoms with Gasteiger partial charge in [0.1, 0.15) is 12.1 Å². The predicted molar refractivity (Wildman–Crippen MR) is 152 cm³/mol. The maximum atomic E-state index is 12.8. The first kappa shape index (κ1) is 26.8. The largest absolute Gasteiger partial charge is 0.572 e. The van der Waals surface area contributed by atoms with Gasteiger partial charge in [-0.1, -0.05) is 42.1 Å². The van der Waals surface area contributed by atoms with E-state index in [1.54, 1.807) is 21.9 Å². The molecule has 0 spiro atoms. The summed E-state index contributed by atoms with van der Waals surface area (Å²) in [4.78, 5) is 28.1. The molecule has 2 aliphatic rings. The molecule has 0 bridgehead atoms. The van der Waals surface area contributed by atoms with Crippen LogP contribution in [0.25, 0.3) is 27.9 Å². The Hall–Kier alpha value is -4.45. The Labute approximate surface area is 237 Å². The van der Waals surface area contributed by atoms with Crippen LogP contribution in [0.1, 0.15) is 24.0 Å². The number of aryl methyl sites for hydroxylation is 2. The number of pyridine rings is 1. The van der Waals surface area contributed by atoms with E-state index < -0.39 is 6.36 Å². The highest BCUT2D eigenvalue weighted by Crippen LogP contribution is 2.34. The van der Waals surface area contributed by atoms with E-state index in [1.807, 2.05) is 56.3 Å². The highest BCUT2D eigenvalue weighted by molar-refractivity contribution is 8.15. The SMILES string of the molecule is Cc1cccc(C)c1N1C(=O)CSC1=Nc1cc2ccc(-c3ncn(C4=CC=C(OC(F)(F)F)CC4)n3)cc2cn1. The molecule has 0 saturated carbocycles. The highest BCUT2D eigenvalue weighted by atomic mass is 32.2. The zero-order valence-corrected chi connectivity index (χ0v) is 22.8. The van der Waals surface area contributed by atoms with E-state index in [-0.39, 0.29) is 18.1 Å². The Morgan fingerprint density at radius 3 is 2.54 bits per heavy atom. The van der Waals surface area contributed by atoms with Crippen molar-refractivity contribution < 1.29 is 22.7 Å². The molecular formula is C29H23F3N6O2S. The van der Waals surface area contributed by atoms with Crippen LogP contribution in [0.15, 0.2) is 77.9 Å². The van der Waals surface area contributed by atoms with Gasteiger partial charge in [0.2, 0.25) is 5.91 Å². The fraction of sp³-hybridized carbons (Fsp3) is 0.207. The van der Waals surface area contributed by atoms with Crippen molar-refractivity contribution in [2.75, 3.05) is 10.7 Å². The summed E-state index contributed by atoms with van der Waals surface area (Å²) in [6.45, 7) is 3.96. The zero-order valence-electron chi connectivity index (χ0n) is 22.0. The number of allylic oxidation sites excluding steroid dienone is 4. The minimum atomic E-state index is -4.70. The molecule has 1 saturated heterocycles. The lowest BCUT2D eigenvalue weighted by atomic mass is 10.1. The molecule has 0 atom stereocenters. The van der Waals surface area contributed by atoms with Crippen molar-refractivity contribution >= 4 is 50.8 Å². The molecule has 3 heterocycles. The molecule has 0 N–H and O–H groups in total. The number of aliphatic imine (C=N–C) groups is 1. The lowest BCUT2D eigenvalue weighted by Gasteiger charge is -2.20. The molecule has 0 radical (unpaired) electrons. The molecule has 8 nitrogen and oxygen atoms in total. The number of amides is 1. The van der Waals surface area contributed by atoms with Gasteiger partial charge in [-0.3, -0.25) is 9.69 Å². The first-order chi connectivity index (χ1) is 19.6. The first-order valence-corrected chi connectivity index (χ1v) is 13.7. The third-order valence-corrected chi connectivity index (χ3v) is 7.65. The third-order valence-electron chi connectivity index (χ3n) is 6.73. The average molecular weight is 577 g/mol. The van der Waals surface area contributed by atoms with Gasteiger partial charge in [-0.15, -0.1) is 18.3 Å². The molecule has 0 unspecified atom stereocenters. The second-order valence-electron chi connectivity index (χ2n) is 9.61. The normalized spacial score (nSPS) is 16.9. The van der Waals surface area contributed by atoms with Crippen molar-refractivity contribution in [3.05, 3.63) is 84.0 Å². The molecular weight excluding hydrogens is 553 g/mol. The molecule has 2 aromatic carbocycles. The molecule has 6 rings (SSSR count). The number of thioether (sulfide) groups is 1. The molecule has 2 aromatic heterocycles. The zero-order chi connectivity index (χ0) is 28.7. The Morgan fingerprint density at radius 2 is 1.80 bits per heavy atom. The summed E-state index contributed by atoms with van der Waals surface area (Å²) in [5.41, 5.74) is 4.33. The smallest absolute Gasteiger partial charge is 0.410 e. The number of rotatable bonds is 5. The molecule has 1 amide bonds. The second-order valence-corrected chi connectivity index (χ2v) is 10.6. The molecule has 208 valence electrons. The number of carbonyl (C=O) groups is 1. The van der Waals surface area contributed by atoms with E-state index in [2.05, 4.69) is 19.8 Å². The number of ether oxygens (including phenoxy) is 1. The molecule has 1 aliphatic carbocycles. The maximum Gasteiger partial charge on any atom is 0.572 e. The number of carbonyl (C=O) groups excluding carboxylic acids is 1. The van der Waals surface area contributed by atoms with Crippen molar-refractivity contribution in [3.63, 3.8) is 0 Å². The van der Waals surface area contributed by atoms with E-state index in [0.717, 1.165) is 33.2 Å². The van der Waals surface area contributed by atoms with E-state index in [9.17, 15) is 18.0 Å². The molecule has 1 fully saturated rings. The number of anilines is 1. The number of halogens is 3. The Morgan fingerprint density at radius 1 is 1.00 bits per heavy atom. The summed E-state index contributed by atoms with van der Waals surface area (Å²) < 4.78 is 42.9. The van der Waals surface area contributed by atoms with Crippen LogP contribution < -0.4 is 4.90 Å². The molecule has 4 aromatic rings. The fourth-order valence-electron chi connectivity index (χ4n) is 4.82. The monoisotopic (exact) mass is 576 g/mol. The van der Waals surface area contributed by atoms with Gasteiger partial charge in [-0.2, -0.15) is 0 Å². The van der Waals surface area contributed by atoms with Gasteiger partial charge in [0, 0.05) is 29.3 Å². The average Bonchev–Trinajstić information content (AvgIpc) is 3.56. The number of hydrogen-bond donors (Lipinski definition) is 0. The van der Waals surface area contributed by atoms with Crippen molar-refractivity contribution in [2.45, 2.75) is 33.1 Å². The minimum Gasteiger partial charge on any atom is -0.410 e. The van der Waals surface area contributed by atoms with E-state index in [1.165, 1.54) is 24.2 Å². The summed E-state index contributed by atoms with van der Waals surface area (Å²) in [5.74, 6) is 1.14. The van der Waals surface area contributed by atoms with Crippen LogP contribution in [0, 0.1) is 13.8 Å². The lowest BCUT2D eigenvalue weighted by molar-refractivity contribution is -0.306. The fourth-order valence-corrected chi connectivity index (χ4v) is 5.68. The minimum absolute atomic E-state index is 0.0152. The van der Waals surface area contributed by atoms with Crippen LogP contribution >= 0.6 is 11.8 Å². The van der Waals surface area contributed by atoms with Crippen LogP contribution in [0.4, 0.5) is 24.7 Å². The molecule has 12 heteroatoms. The van der Waals surface area contributed by atoms with E-state index in [0.29, 0.717) is 34.7 Å². The quantitative estimate of drug-likeness (QED) is 0.256. The van der Waals surface area contributed by atoms with Crippen molar-refractivity contribution in [3.8, 4) is 11.4 Å².